The number of fused-ring (bicyclic) bond motifs is 1. The van der Waals surface area contributed by atoms with Gasteiger partial charge in [0.15, 0.2) is 11.0 Å². The summed E-state index contributed by atoms with van der Waals surface area (Å²) in [5, 5.41) is 0.207. The van der Waals surface area contributed by atoms with Gasteiger partial charge in [-0.05, 0) is 41.8 Å². The first kappa shape index (κ1) is 11.2. The van der Waals surface area contributed by atoms with E-state index in [0.29, 0.717) is 12.2 Å². The fourth-order valence-corrected chi connectivity index (χ4v) is 2.40. The smallest absolute Gasteiger partial charge is 0.294 e. The van der Waals surface area contributed by atoms with E-state index in [-0.39, 0.29) is 16.9 Å². The number of furan rings is 1. The Bertz CT molecular complexity index is 621. The first-order valence-corrected chi connectivity index (χ1v) is 5.99. The Labute approximate surface area is 109 Å². The molecular formula is C13H11ClN2O2. The van der Waals surface area contributed by atoms with E-state index in [1.54, 1.807) is 23.1 Å². The van der Waals surface area contributed by atoms with E-state index in [2.05, 4.69) is 0 Å². The summed E-state index contributed by atoms with van der Waals surface area (Å²) in [4.78, 5) is 13.9. The quantitative estimate of drug-likeness (QED) is 0.804. The predicted molar refractivity (Wildman–Crippen MR) is 70.0 cm³/mol. The van der Waals surface area contributed by atoms with E-state index in [1.807, 2.05) is 12.1 Å². The van der Waals surface area contributed by atoms with Crippen molar-refractivity contribution in [2.24, 2.45) is 0 Å². The number of nitrogens with zero attached hydrogens (tertiary/aromatic N) is 1. The van der Waals surface area contributed by atoms with Crippen molar-refractivity contribution >= 4 is 28.9 Å². The third-order valence-electron chi connectivity index (χ3n) is 3.05. The van der Waals surface area contributed by atoms with Crippen molar-refractivity contribution in [3.05, 3.63) is 46.9 Å². The number of benzene rings is 1. The summed E-state index contributed by atoms with van der Waals surface area (Å²) in [5.74, 6) is 0.0228. The maximum Gasteiger partial charge on any atom is 0.294 e. The number of carbonyl (C=O) groups is 1. The molecule has 0 saturated heterocycles. The fourth-order valence-electron chi connectivity index (χ4n) is 2.25. The molecule has 1 aliphatic rings. The summed E-state index contributed by atoms with van der Waals surface area (Å²) >= 11 is 5.68. The number of nitrogens with two attached hydrogens (primary N) is 1. The number of amides is 1. The number of anilines is 2. The van der Waals surface area contributed by atoms with Gasteiger partial charge in [-0.3, -0.25) is 4.79 Å². The van der Waals surface area contributed by atoms with Crippen LogP contribution in [0.15, 0.2) is 34.7 Å². The summed E-state index contributed by atoms with van der Waals surface area (Å²) in [6, 6.07) is 8.79. The Balaban J connectivity index is 2.00. The first-order valence-electron chi connectivity index (χ1n) is 5.61. The van der Waals surface area contributed by atoms with Gasteiger partial charge in [0.2, 0.25) is 0 Å². The molecule has 1 aromatic carbocycles. The molecule has 2 N–H and O–H groups in total. The van der Waals surface area contributed by atoms with Crippen LogP contribution < -0.4 is 10.6 Å². The van der Waals surface area contributed by atoms with E-state index >= 15 is 0 Å². The Hall–Kier alpha value is -1.94. The van der Waals surface area contributed by atoms with Gasteiger partial charge in [0.25, 0.3) is 5.91 Å². The minimum absolute atomic E-state index is 0.207. The van der Waals surface area contributed by atoms with Crippen molar-refractivity contribution in [1.29, 1.82) is 0 Å². The lowest BCUT2D eigenvalue weighted by Crippen LogP contribution is -2.29. The number of halogens is 1. The van der Waals surface area contributed by atoms with Gasteiger partial charge in [0.05, 0.1) is 11.4 Å². The van der Waals surface area contributed by atoms with E-state index < -0.39 is 0 Å². The molecular weight excluding hydrogens is 252 g/mol. The van der Waals surface area contributed by atoms with Crippen LogP contribution in [0.1, 0.15) is 16.1 Å². The highest BCUT2D eigenvalue weighted by atomic mass is 35.5. The SMILES string of the molecule is Nc1cccc2c1N(C(=O)c1ccc(Cl)o1)CC2. The molecule has 5 heteroatoms. The van der Waals surface area contributed by atoms with Gasteiger partial charge in [0, 0.05) is 6.54 Å². The number of nitrogen functional groups attached to an aromatic ring is 1. The van der Waals surface area contributed by atoms with E-state index in [9.17, 15) is 4.79 Å². The molecule has 1 aromatic heterocycles. The molecule has 4 nitrogen and oxygen atoms in total. The van der Waals surface area contributed by atoms with Gasteiger partial charge in [-0.15, -0.1) is 0 Å². The standard InChI is InChI=1S/C13H11ClN2O2/c14-11-5-4-10(18-11)13(17)16-7-6-8-2-1-3-9(15)12(8)16/h1-5H,6-7,15H2. The van der Waals surface area contributed by atoms with Crippen LogP contribution in [0.3, 0.4) is 0 Å². The Kier molecular flexibility index (Phi) is 2.52. The number of para-hydroxylation sites is 1. The Morgan fingerprint density at radius 2 is 2.17 bits per heavy atom. The largest absolute Gasteiger partial charge is 0.440 e. The molecule has 0 radical (unpaired) electrons. The second kappa shape index (κ2) is 4.07. The molecule has 1 aliphatic heterocycles. The molecule has 0 bridgehead atoms. The van der Waals surface area contributed by atoms with Gasteiger partial charge < -0.3 is 15.1 Å². The van der Waals surface area contributed by atoms with Gasteiger partial charge in [-0.25, -0.2) is 0 Å². The zero-order chi connectivity index (χ0) is 12.7. The second-order valence-corrected chi connectivity index (χ2v) is 4.54. The maximum absolute atomic E-state index is 12.3. The van der Waals surface area contributed by atoms with Crippen molar-refractivity contribution in [2.75, 3.05) is 17.2 Å². The summed E-state index contributed by atoms with van der Waals surface area (Å²) in [5.41, 5.74) is 8.41. The molecule has 2 heterocycles. The highest BCUT2D eigenvalue weighted by Crippen LogP contribution is 2.34. The number of carbonyl (C=O) groups excluding carboxylic acids is 1. The van der Waals surface area contributed by atoms with Crippen LogP contribution in [0.25, 0.3) is 0 Å². The van der Waals surface area contributed by atoms with Gasteiger partial charge in [0.1, 0.15) is 0 Å². The normalized spacial score (nSPS) is 13.7. The molecule has 0 fully saturated rings. The predicted octanol–water partition coefficient (Wildman–Crippen LogP) is 2.72. The van der Waals surface area contributed by atoms with E-state index in [4.69, 9.17) is 21.8 Å². The summed E-state index contributed by atoms with van der Waals surface area (Å²) in [6.45, 7) is 0.612. The molecule has 0 aliphatic carbocycles. The third-order valence-corrected chi connectivity index (χ3v) is 3.26. The lowest BCUT2D eigenvalue weighted by atomic mass is 10.1. The Morgan fingerprint density at radius 1 is 1.33 bits per heavy atom. The van der Waals surface area contributed by atoms with Gasteiger partial charge >= 0.3 is 0 Å². The zero-order valence-electron chi connectivity index (χ0n) is 9.52. The zero-order valence-corrected chi connectivity index (χ0v) is 10.3. The first-order chi connectivity index (χ1) is 8.66. The highest BCUT2D eigenvalue weighted by molar-refractivity contribution is 6.29. The van der Waals surface area contributed by atoms with Crippen molar-refractivity contribution in [3.8, 4) is 0 Å². The monoisotopic (exact) mass is 262 g/mol. The fraction of sp³-hybridized carbons (Fsp3) is 0.154. The number of hydrogen-bond donors (Lipinski definition) is 1. The average Bonchev–Trinajstić information content (AvgIpc) is 2.95. The van der Waals surface area contributed by atoms with Crippen LogP contribution in [0.4, 0.5) is 11.4 Å². The third kappa shape index (κ3) is 1.66. The van der Waals surface area contributed by atoms with Crippen LogP contribution in [-0.2, 0) is 6.42 Å². The minimum atomic E-state index is -0.210. The van der Waals surface area contributed by atoms with E-state index in [0.717, 1.165) is 17.7 Å². The molecule has 0 spiro atoms. The lowest BCUT2D eigenvalue weighted by molar-refractivity contribution is 0.0963. The molecule has 0 saturated carbocycles. The minimum Gasteiger partial charge on any atom is -0.440 e. The molecule has 92 valence electrons. The van der Waals surface area contributed by atoms with E-state index in [1.165, 1.54) is 0 Å². The Morgan fingerprint density at radius 3 is 2.89 bits per heavy atom. The molecule has 2 aromatic rings. The summed E-state index contributed by atoms with van der Waals surface area (Å²) < 4.78 is 5.15. The van der Waals surface area contributed by atoms with Crippen LogP contribution >= 0.6 is 11.6 Å². The van der Waals surface area contributed by atoms with Gasteiger partial charge in [-0.1, -0.05) is 12.1 Å². The molecule has 1 amide bonds. The lowest BCUT2D eigenvalue weighted by Gasteiger charge is -2.17. The summed E-state index contributed by atoms with van der Waals surface area (Å²) in [7, 11) is 0. The number of rotatable bonds is 1. The van der Waals surface area contributed by atoms with Crippen LogP contribution in [0.2, 0.25) is 5.22 Å². The van der Waals surface area contributed by atoms with Crippen LogP contribution in [0, 0.1) is 0 Å². The van der Waals surface area contributed by atoms with Crippen molar-refractivity contribution in [2.45, 2.75) is 6.42 Å². The van der Waals surface area contributed by atoms with Gasteiger partial charge in [-0.2, -0.15) is 0 Å². The van der Waals surface area contributed by atoms with Crippen molar-refractivity contribution < 1.29 is 9.21 Å². The summed E-state index contributed by atoms with van der Waals surface area (Å²) in [6.07, 6.45) is 0.806. The van der Waals surface area contributed by atoms with Crippen molar-refractivity contribution in [3.63, 3.8) is 0 Å². The molecule has 3 rings (SSSR count). The van der Waals surface area contributed by atoms with Crippen LogP contribution in [0.5, 0.6) is 0 Å². The second-order valence-electron chi connectivity index (χ2n) is 4.17. The average molecular weight is 263 g/mol. The topological polar surface area (TPSA) is 59.5 Å². The number of hydrogen-bond acceptors (Lipinski definition) is 3. The molecule has 0 unspecified atom stereocenters. The van der Waals surface area contributed by atoms with Crippen molar-refractivity contribution in [1.82, 2.24) is 0 Å². The molecule has 0 atom stereocenters. The highest BCUT2D eigenvalue weighted by Gasteiger charge is 2.28. The molecule has 18 heavy (non-hydrogen) atoms. The van der Waals surface area contributed by atoms with Crippen LogP contribution in [-0.4, -0.2) is 12.5 Å². The maximum atomic E-state index is 12.3.